The van der Waals surface area contributed by atoms with Crippen molar-refractivity contribution in [2.45, 2.75) is 37.5 Å². The number of hydrogen-bond donors (Lipinski definition) is 0. The van der Waals surface area contributed by atoms with Crippen LogP contribution in [0.4, 0.5) is 0 Å². The Morgan fingerprint density at radius 3 is 2.26 bits per heavy atom. The molecule has 1 aromatic carbocycles. The summed E-state index contributed by atoms with van der Waals surface area (Å²) in [7, 11) is 1.71. The highest BCUT2D eigenvalue weighted by Gasteiger charge is 2.55. The van der Waals surface area contributed by atoms with Crippen molar-refractivity contribution >= 4 is 5.78 Å². The first-order valence-corrected chi connectivity index (χ1v) is 7.38. The Bertz CT molecular complexity index is 499. The summed E-state index contributed by atoms with van der Waals surface area (Å²) in [6.45, 7) is 0. The maximum Gasteiger partial charge on any atom is 0.139 e. The fourth-order valence-corrected chi connectivity index (χ4v) is 5.05. The van der Waals surface area contributed by atoms with Gasteiger partial charge < -0.3 is 4.74 Å². The van der Waals surface area contributed by atoms with E-state index in [9.17, 15) is 4.79 Å². The van der Waals surface area contributed by atoms with E-state index in [2.05, 4.69) is 24.3 Å². The Hall–Kier alpha value is -1.31. The molecule has 0 aliphatic heterocycles. The van der Waals surface area contributed by atoms with Crippen LogP contribution < -0.4 is 4.74 Å². The second-order valence-corrected chi connectivity index (χ2v) is 6.75. The molecule has 0 aromatic heterocycles. The number of Topliss-reactive ketones (excluding diaryl/α,β-unsaturated/α-hetero) is 1. The summed E-state index contributed by atoms with van der Waals surface area (Å²) in [5, 5.41) is 0. The van der Waals surface area contributed by atoms with Crippen molar-refractivity contribution in [3.8, 4) is 5.75 Å². The third-order valence-electron chi connectivity index (χ3n) is 5.70. The average molecular weight is 256 g/mol. The number of ketones is 1. The maximum atomic E-state index is 12.2. The molecule has 0 spiro atoms. The molecule has 19 heavy (non-hydrogen) atoms. The number of hydrogen-bond acceptors (Lipinski definition) is 2. The highest BCUT2D eigenvalue weighted by molar-refractivity contribution is 5.86. The number of carbonyl (C=O) groups excluding carboxylic acids is 1. The van der Waals surface area contributed by atoms with Crippen LogP contribution >= 0.6 is 0 Å². The molecule has 4 saturated carbocycles. The van der Waals surface area contributed by atoms with Gasteiger partial charge in [0.25, 0.3) is 0 Å². The molecule has 4 fully saturated rings. The largest absolute Gasteiger partial charge is 0.497 e. The molecule has 4 aliphatic rings. The van der Waals surface area contributed by atoms with E-state index < -0.39 is 0 Å². The lowest BCUT2D eigenvalue weighted by atomic mass is 9.47. The van der Waals surface area contributed by atoms with Crippen molar-refractivity contribution in [3.05, 3.63) is 29.8 Å². The zero-order valence-corrected chi connectivity index (χ0v) is 11.4. The molecular formula is C17H20O2. The molecule has 4 bridgehead atoms. The van der Waals surface area contributed by atoms with Crippen LogP contribution in [0.25, 0.3) is 0 Å². The number of methoxy groups -OCH3 is 1. The molecule has 0 radical (unpaired) electrons. The number of ether oxygens (including phenoxy) is 1. The summed E-state index contributed by atoms with van der Waals surface area (Å²) in [6.07, 6.45) is 5.79. The van der Waals surface area contributed by atoms with Gasteiger partial charge in [0.2, 0.25) is 0 Å². The number of carbonyl (C=O) groups is 1. The predicted octanol–water partition coefficient (Wildman–Crippen LogP) is 3.34. The van der Waals surface area contributed by atoms with Crippen molar-refractivity contribution in [1.29, 1.82) is 0 Å². The van der Waals surface area contributed by atoms with Crippen molar-refractivity contribution in [1.82, 2.24) is 0 Å². The number of rotatable bonds is 2. The summed E-state index contributed by atoms with van der Waals surface area (Å²) in [5.74, 6) is 2.99. The van der Waals surface area contributed by atoms with Gasteiger partial charge in [-0.05, 0) is 61.1 Å². The monoisotopic (exact) mass is 256 g/mol. The first kappa shape index (κ1) is 11.5. The lowest BCUT2D eigenvalue weighted by molar-refractivity contribution is -0.142. The first-order valence-electron chi connectivity index (χ1n) is 7.38. The fourth-order valence-electron chi connectivity index (χ4n) is 5.05. The first-order chi connectivity index (χ1) is 9.20. The van der Waals surface area contributed by atoms with Gasteiger partial charge in [0.05, 0.1) is 7.11 Å². The van der Waals surface area contributed by atoms with E-state index >= 15 is 0 Å². The van der Waals surface area contributed by atoms with E-state index in [1.54, 1.807) is 7.11 Å². The van der Waals surface area contributed by atoms with Crippen LogP contribution in [0.15, 0.2) is 24.3 Å². The average Bonchev–Trinajstić information content (AvgIpc) is 2.44. The SMILES string of the molecule is COc1ccc(C23CC4CC(C2)C(=O)C(C4)C3)cc1. The highest BCUT2D eigenvalue weighted by Crippen LogP contribution is 2.59. The normalized spacial score (nSPS) is 39.6. The third-order valence-corrected chi connectivity index (χ3v) is 5.70. The van der Waals surface area contributed by atoms with Gasteiger partial charge in [-0.15, -0.1) is 0 Å². The molecule has 0 heterocycles. The van der Waals surface area contributed by atoms with Crippen LogP contribution in [0.2, 0.25) is 0 Å². The van der Waals surface area contributed by atoms with Gasteiger partial charge >= 0.3 is 0 Å². The van der Waals surface area contributed by atoms with E-state index in [0.29, 0.717) is 17.6 Å². The zero-order valence-electron chi connectivity index (χ0n) is 11.4. The molecule has 0 amide bonds. The lowest BCUT2D eigenvalue weighted by Gasteiger charge is -2.56. The minimum absolute atomic E-state index is 0.288. The summed E-state index contributed by atoms with van der Waals surface area (Å²) in [5.41, 5.74) is 1.72. The predicted molar refractivity (Wildman–Crippen MR) is 73.2 cm³/mol. The molecule has 4 aliphatic carbocycles. The molecule has 0 N–H and O–H groups in total. The standard InChI is InChI=1S/C17H20O2/c1-19-15-4-2-14(3-5-15)17-8-11-6-12(9-17)16(18)13(7-11)10-17/h2-5,11-13H,6-10H2,1H3. The minimum Gasteiger partial charge on any atom is -0.497 e. The molecule has 2 nitrogen and oxygen atoms in total. The minimum atomic E-state index is 0.288. The summed E-state index contributed by atoms with van der Waals surface area (Å²) in [6, 6.07) is 8.57. The number of benzene rings is 1. The fraction of sp³-hybridized carbons (Fsp3) is 0.588. The van der Waals surface area contributed by atoms with Gasteiger partial charge in [0.15, 0.2) is 0 Å². The van der Waals surface area contributed by atoms with E-state index in [0.717, 1.165) is 37.4 Å². The zero-order chi connectivity index (χ0) is 13.0. The third kappa shape index (κ3) is 1.58. The molecule has 2 heteroatoms. The van der Waals surface area contributed by atoms with Gasteiger partial charge in [-0.2, -0.15) is 0 Å². The Morgan fingerprint density at radius 1 is 1.05 bits per heavy atom. The summed E-state index contributed by atoms with van der Waals surface area (Å²) >= 11 is 0. The Balaban J connectivity index is 1.71. The topological polar surface area (TPSA) is 26.3 Å². The highest BCUT2D eigenvalue weighted by atomic mass is 16.5. The van der Waals surface area contributed by atoms with Crippen LogP contribution in [0.1, 0.15) is 37.7 Å². The van der Waals surface area contributed by atoms with Crippen molar-refractivity contribution in [3.63, 3.8) is 0 Å². The van der Waals surface area contributed by atoms with Crippen LogP contribution in [0, 0.1) is 17.8 Å². The van der Waals surface area contributed by atoms with Crippen LogP contribution in [0.3, 0.4) is 0 Å². The van der Waals surface area contributed by atoms with Gasteiger partial charge in [-0.3, -0.25) is 4.79 Å². The second-order valence-electron chi connectivity index (χ2n) is 6.75. The Labute approximate surface area is 114 Å². The second kappa shape index (κ2) is 3.84. The van der Waals surface area contributed by atoms with E-state index in [1.165, 1.54) is 12.0 Å². The Morgan fingerprint density at radius 2 is 1.68 bits per heavy atom. The molecule has 2 unspecified atom stereocenters. The molecule has 0 saturated heterocycles. The van der Waals surface area contributed by atoms with Gasteiger partial charge in [0, 0.05) is 11.8 Å². The van der Waals surface area contributed by atoms with Crippen molar-refractivity contribution < 1.29 is 9.53 Å². The molecule has 100 valence electrons. The van der Waals surface area contributed by atoms with Crippen LogP contribution in [-0.4, -0.2) is 12.9 Å². The molecule has 5 rings (SSSR count). The smallest absolute Gasteiger partial charge is 0.139 e. The van der Waals surface area contributed by atoms with E-state index in [4.69, 9.17) is 4.74 Å². The summed E-state index contributed by atoms with van der Waals surface area (Å²) < 4.78 is 5.25. The van der Waals surface area contributed by atoms with Crippen molar-refractivity contribution in [2.75, 3.05) is 7.11 Å². The van der Waals surface area contributed by atoms with Crippen molar-refractivity contribution in [2.24, 2.45) is 17.8 Å². The van der Waals surface area contributed by atoms with Crippen LogP contribution in [-0.2, 0) is 10.2 Å². The van der Waals surface area contributed by atoms with Gasteiger partial charge in [-0.25, -0.2) is 0 Å². The molecular weight excluding hydrogens is 236 g/mol. The van der Waals surface area contributed by atoms with E-state index in [-0.39, 0.29) is 5.41 Å². The van der Waals surface area contributed by atoms with Crippen LogP contribution in [0.5, 0.6) is 5.75 Å². The molecule has 1 aromatic rings. The summed E-state index contributed by atoms with van der Waals surface area (Å²) in [4.78, 5) is 12.2. The quantitative estimate of drug-likeness (QED) is 0.811. The van der Waals surface area contributed by atoms with E-state index in [1.807, 2.05) is 0 Å². The van der Waals surface area contributed by atoms with Gasteiger partial charge in [0.1, 0.15) is 11.5 Å². The van der Waals surface area contributed by atoms with Gasteiger partial charge in [-0.1, -0.05) is 12.1 Å². The Kier molecular flexibility index (Phi) is 2.33. The lowest BCUT2D eigenvalue weighted by Crippen LogP contribution is -2.53. The maximum absolute atomic E-state index is 12.2. The molecule has 2 atom stereocenters.